The molecule has 1 aliphatic rings. The predicted molar refractivity (Wildman–Crippen MR) is 120 cm³/mol. The van der Waals surface area contributed by atoms with Gasteiger partial charge >= 0.3 is 6.18 Å². The Kier molecular flexibility index (Phi) is 5.98. The Morgan fingerprint density at radius 1 is 1.18 bits per heavy atom. The van der Waals surface area contributed by atoms with E-state index in [0.29, 0.717) is 5.96 Å². The first kappa shape index (κ1) is 22.6. The van der Waals surface area contributed by atoms with E-state index in [0.717, 1.165) is 27.7 Å². The number of guanidine groups is 1. The number of nitrogens with zero attached hydrogens (tertiary/aromatic N) is 3. The monoisotopic (exact) mass is 459 g/mol. The Bertz CT molecular complexity index is 1180. The van der Waals surface area contributed by atoms with Crippen LogP contribution in [0.2, 0.25) is 0 Å². The van der Waals surface area contributed by atoms with E-state index in [-0.39, 0.29) is 11.5 Å². The normalized spacial score (nSPS) is 16.4. The molecule has 2 heterocycles. The molecule has 0 spiro atoms. The second-order valence-electron chi connectivity index (χ2n) is 8.10. The molecule has 4 N–H and O–H groups in total. The van der Waals surface area contributed by atoms with Crippen molar-refractivity contribution in [3.05, 3.63) is 59.3 Å². The lowest BCUT2D eigenvalue weighted by Gasteiger charge is -2.20. The van der Waals surface area contributed by atoms with Gasteiger partial charge in [-0.3, -0.25) is 14.9 Å². The number of hydrazine groups is 1. The van der Waals surface area contributed by atoms with Crippen molar-refractivity contribution < 1.29 is 18.0 Å². The molecule has 1 aromatic heterocycles. The molecule has 0 saturated carbocycles. The van der Waals surface area contributed by atoms with Crippen LogP contribution in [0.25, 0.3) is 10.9 Å². The summed E-state index contributed by atoms with van der Waals surface area (Å²) in [5.41, 5.74) is 7.12. The maximum Gasteiger partial charge on any atom is 0.405 e. The van der Waals surface area contributed by atoms with E-state index in [9.17, 15) is 18.0 Å². The van der Waals surface area contributed by atoms with Gasteiger partial charge in [-0.05, 0) is 41.3 Å². The molecular weight excluding hydrogens is 435 g/mol. The second kappa shape index (κ2) is 8.74. The summed E-state index contributed by atoms with van der Waals surface area (Å²) in [7, 11) is 1.83. The number of alkyl halides is 3. The van der Waals surface area contributed by atoms with Crippen molar-refractivity contribution >= 4 is 28.5 Å². The van der Waals surface area contributed by atoms with Crippen LogP contribution >= 0.6 is 0 Å². The summed E-state index contributed by atoms with van der Waals surface area (Å²) in [5, 5.41) is 15.2. The van der Waals surface area contributed by atoms with Gasteiger partial charge < -0.3 is 10.6 Å². The number of aromatic nitrogens is 2. The van der Waals surface area contributed by atoms with Gasteiger partial charge in [-0.2, -0.15) is 18.3 Å². The molecule has 1 atom stereocenters. The number of aliphatic imine (C=N–C) groups is 1. The van der Waals surface area contributed by atoms with Crippen LogP contribution in [-0.2, 0) is 0 Å². The molecule has 0 fully saturated rings. The highest BCUT2D eigenvalue weighted by Crippen LogP contribution is 2.32. The second-order valence-corrected chi connectivity index (χ2v) is 8.10. The van der Waals surface area contributed by atoms with Crippen molar-refractivity contribution in [3.8, 4) is 0 Å². The molecule has 3 aromatic rings. The Labute approximate surface area is 188 Å². The van der Waals surface area contributed by atoms with Crippen molar-refractivity contribution in [2.45, 2.75) is 32.1 Å². The minimum atomic E-state index is -4.45. The first-order valence-corrected chi connectivity index (χ1v) is 10.4. The number of carbonyl (C=O) groups excluding carboxylic acids is 1. The molecule has 2 aromatic carbocycles. The lowest BCUT2D eigenvalue weighted by molar-refractivity contribution is -0.123. The molecule has 11 heteroatoms. The van der Waals surface area contributed by atoms with Crippen LogP contribution in [0.15, 0.2) is 47.6 Å². The maximum atomic E-state index is 12.3. The predicted octanol–water partition coefficient (Wildman–Crippen LogP) is 3.90. The number of benzene rings is 2. The number of aromatic amines is 1. The number of anilines is 1. The summed E-state index contributed by atoms with van der Waals surface area (Å²) in [6.45, 7) is 2.85. The smallest absolute Gasteiger partial charge is 0.343 e. The Morgan fingerprint density at radius 3 is 2.58 bits per heavy atom. The molecule has 4 rings (SSSR count). The van der Waals surface area contributed by atoms with Gasteiger partial charge in [0, 0.05) is 23.7 Å². The van der Waals surface area contributed by atoms with E-state index in [1.807, 2.05) is 30.7 Å². The highest BCUT2D eigenvalue weighted by atomic mass is 19.4. The van der Waals surface area contributed by atoms with Crippen LogP contribution in [0.5, 0.6) is 0 Å². The standard InChI is InChI=1S/C22H24F3N7O/c1-12(2)18-15-10-27-30-16(15)8-9-17(18)28-21-29-19(31-32(21)3)13-4-6-14(7-5-13)20(33)26-11-22(23,24)25/h4-10,12,19,31H,11H2,1-3H3,(H,26,33)(H,27,30)(H,28,29). The molecule has 1 amide bonds. The summed E-state index contributed by atoms with van der Waals surface area (Å²) >= 11 is 0. The SMILES string of the molecule is CC(C)c1c(NC2=NC(c3ccc(C(=O)NCC(F)(F)F)cc3)NN2C)ccc2[nH]ncc12. The summed E-state index contributed by atoms with van der Waals surface area (Å²) < 4.78 is 36.9. The number of amides is 1. The average Bonchev–Trinajstić information content (AvgIpc) is 3.38. The maximum absolute atomic E-state index is 12.3. The van der Waals surface area contributed by atoms with Crippen molar-refractivity contribution in [2.75, 3.05) is 18.9 Å². The van der Waals surface area contributed by atoms with Crippen molar-refractivity contribution in [1.29, 1.82) is 0 Å². The van der Waals surface area contributed by atoms with Crippen LogP contribution in [0.1, 0.15) is 47.4 Å². The van der Waals surface area contributed by atoms with Gasteiger partial charge in [-0.1, -0.05) is 26.0 Å². The molecule has 0 aliphatic carbocycles. The third-order valence-corrected chi connectivity index (χ3v) is 5.31. The number of carbonyl (C=O) groups is 1. The summed E-state index contributed by atoms with van der Waals surface area (Å²) in [4.78, 5) is 16.6. The topological polar surface area (TPSA) is 97.4 Å². The molecule has 0 bridgehead atoms. The highest BCUT2D eigenvalue weighted by Gasteiger charge is 2.28. The number of H-pyrrole nitrogens is 1. The Balaban J connectivity index is 1.50. The molecule has 8 nitrogen and oxygen atoms in total. The number of hydrogen-bond donors (Lipinski definition) is 4. The first-order chi connectivity index (χ1) is 15.6. The fraction of sp³-hybridized carbons (Fsp3) is 0.318. The quantitative estimate of drug-likeness (QED) is 0.464. The minimum Gasteiger partial charge on any atom is -0.343 e. The molecular formula is C22H24F3N7O. The van der Waals surface area contributed by atoms with E-state index in [1.165, 1.54) is 12.1 Å². The van der Waals surface area contributed by atoms with E-state index < -0.39 is 24.8 Å². The lowest BCUT2D eigenvalue weighted by Crippen LogP contribution is -2.37. The van der Waals surface area contributed by atoms with Crippen LogP contribution < -0.4 is 16.1 Å². The molecule has 0 radical (unpaired) electrons. The highest BCUT2D eigenvalue weighted by molar-refractivity contribution is 5.98. The van der Waals surface area contributed by atoms with Gasteiger partial charge in [0.1, 0.15) is 12.7 Å². The summed E-state index contributed by atoms with van der Waals surface area (Å²) in [5.74, 6) is 0.0785. The third-order valence-electron chi connectivity index (χ3n) is 5.31. The van der Waals surface area contributed by atoms with Crippen LogP contribution in [0.3, 0.4) is 0 Å². The Morgan fingerprint density at radius 2 is 1.91 bits per heavy atom. The fourth-order valence-corrected chi connectivity index (χ4v) is 3.74. The van der Waals surface area contributed by atoms with Gasteiger partial charge in [0.25, 0.3) is 5.91 Å². The van der Waals surface area contributed by atoms with Crippen molar-refractivity contribution in [2.24, 2.45) is 4.99 Å². The van der Waals surface area contributed by atoms with E-state index in [4.69, 9.17) is 4.99 Å². The fourth-order valence-electron chi connectivity index (χ4n) is 3.74. The van der Waals surface area contributed by atoms with Crippen LogP contribution in [0.4, 0.5) is 18.9 Å². The van der Waals surface area contributed by atoms with Crippen LogP contribution in [-0.4, -0.2) is 46.8 Å². The molecule has 33 heavy (non-hydrogen) atoms. The summed E-state index contributed by atoms with van der Waals surface area (Å²) in [6.07, 6.45) is -3.06. The minimum absolute atomic E-state index is 0.145. The number of halogens is 3. The van der Waals surface area contributed by atoms with Crippen LogP contribution in [0, 0.1) is 0 Å². The van der Waals surface area contributed by atoms with E-state index in [1.54, 1.807) is 17.1 Å². The zero-order valence-corrected chi connectivity index (χ0v) is 18.3. The van der Waals surface area contributed by atoms with Gasteiger partial charge in [-0.25, -0.2) is 10.4 Å². The zero-order chi connectivity index (χ0) is 23.8. The largest absolute Gasteiger partial charge is 0.405 e. The van der Waals surface area contributed by atoms with Gasteiger partial charge in [0.15, 0.2) is 0 Å². The number of rotatable bonds is 5. The molecule has 1 aliphatic heterocycles. The lowest BCUT2D eigenvalue weighted by atomic mass is 9.97. The van der Waals surface area contributed by atoms with Crippen molar-refractivity contribution in [3.63, 3.8) is 0 Å². The van der Waals surface area contributed by atoms with Crippen molar-refractivity contribution in [1.82, 2.24) is 25.9 Å². The van der Waals surface area contributed by atoms with Gasteiger partial charge in [0.2, 0.25) is 5.96 Å². The first-order valence-electron chi connectivity index (χ1n) is 10.4. The third kappa shape index (κ3) is 4.92. The van der Waals surface area contributed by atoms with Gasteiger partial charge in [-0.15, -0.1) is 0 Å². The van der Waals surface area contributed by atoms with E-state index in [2.05, 4.69) is 34.8 Å². The van der Waals surface area contributed by atoms with Gasteiger partial charge in [0.05, 0.1) is 11.7 Å². The zero-order valence-electron chi connectivity index (χ0n) is 18.3. The average molecular weight is 459 g/mol. The molecule has 1 unspecified atom stereocenters. The molecule has 174 valence electrons. The number of fused-ring (bicyclic) bond motifs is 1. The molecule has 0 saturated heterocycles. The number of hydrogen-bond acceptors (Lipinski definition) is 6. The Hall–Kier alpha value is -3.60. The summed E-state index contributed by atoms with van der Waals surface area (Å²) in [6, 6.07) is 10.2. The van der Waals surface area contributed by atoms with E-state index >= 15 is 0 Å². The number of nitrogens with one attached hydrogen (secondary N) is 4.